The molecule has 1 atom stereocenters. The van der Waals surface area contributed by atoms with Crippen LogP contribution in [0.5, 0.6) is 0 Å². The Morgan fingerprint density at radius 3 is 2.73 bits per heavy atom. The summed E-state index contributed by atoms with van der Waals surface area (Å²) in [5.41, 5.74) is 1.70. The second kappa shape index (κ2) is 7.36. The van der Waals surface area contributed by atoms with Gasteiger partial charge in [0.2, 0.25) is 0 Å². The molecule has 0 fully saturated rings. The van der Waals surface area contributed by atoms with Gasteiger partial charge in [-0.25, -0.2) is 4.39 Å². The maximum Gasteiger partial charge on any atom is 0.154 e. The molecule has 0 bridgehead atoms. The van der Waals surface area contributed by atoms with E-state index in [1.165, 1.54) is 12.1 Å². The maximum atomic E-state index is 13.6. The molecular formula is C21H23ClFN2O+. The molecule has 26 heavy (non-hydrogen) atoms. The molecule has 0 N–H and O–H groups in total. The lowest BCUT2D eigenvalue weighted by atomic mass is 9.81. The summed E-state index contributed by atoms with van der Waals surface area (Å²) in [7, 11) is 0. The van der Waals surface area contributed by atoms with Crippen molar-refractivity contribution < 1.29 is 21.8 Å². The third-order valence-electron chi connectivity index (χ3n) is 4.73. The first kappa shape index (κ1) is 12.5. The van der Waals surface area contributed by atoms with Gasteiger partial charge >= 0.3 is 0 Å². The molecule has 3 nitrogen and oxygen atoms in total. The number of ether oxygens (including phenoxy) is 1. The number of nitrogens with zero attached hydrogens (tertiary/aromatic N) is 2. The van der Waals surface area contributed by atoms with E-state index in [2.05, 4.69) is 6.07 Å². The minimum atomic E-state index is -2.84. The lowest BCUT2D eigenvalue weighted by Crippen LogP contribution is -2.40. The summed E-state index contributed by atoms with van der Waals surface area (Å²) >= 11 is 5.92. The van der Waals surface area contributed by atoms with Gasteiger partial charge in [-0.3, -0.25) is 0 Å². The number of halogens is 2. The molecule has 0 amide bonds. The molecule has 0 aromatic heterocycles. The van der Waals surface area contributed by atoms with Gasteiger partial charge in [0.15, 0.2) is 6.00 Å². The Bertz CT molecular complexity index is 1000. The Hall–Kier alpha value is -1.93. The summed E-state index contributed by atoms with van der Waals surface area (Å²) in [5, 5.41) is 9.20. The summed E-state index contributed by atoms with van der Waals surface area (Å²) in [4.78, 5) is 0. The Morgan fingerprint density at radius 2 is 2.08 bits per heavy atom. The minimum absolute atomic E-state index is 0.167. The second-order valence-corrected chi connectivity index (χ2v) is 6.76. The van der Waals surface area contributed by atoms with Crippen LogP contribution >= 0.6 is 11.6 Å². The number of alkyl halides is 1. The quantitative estimate of drug-likeness (QED) is 0.420. The van der Waals surface area contributed by atoms with E-state index in [1.807, 2.05) is 0 Å². The fourth-order valence-electron chi connectivity index (χ4n) is 3.42. The van der Waals surface area contributed by atoms with E-state index >= 15 is 0 Å². The van der Waals surface area contributed by atoms with E-state index in [-0.39, 0.29) is 26.0 Å². The van der Waals surface area contributed by atoms with E-state index in [9.17, 15) is 9.65 Å². The summed E-state index contributed by atoms with van der Waals surface area (Å²) in [6.45, 7) is -5.69. The summed E-state index contributed by atoms with van der Waals surface area (Å²) in [6, 6.07) is 12.5. The van der Waals surface area contributed by atoms with E-state index in [0.29, 0.717) is 11.1 Å². The zero-order valence-corrected chi connectivity index (χ0v) is 14.9. The van der Waals surface area contributed by atoms with Gasteiger partial charge in [-0.15, -0.1) is 0 Å². The summed E-state index contributed by atoms with van der Waals surface area (Å²) in [5.74, 6) is -0.412. The van der Waals surface area contributed by atoms with Gasteiger partial charge in [0.1, 0.15) is 11.4 Å². The van der Waals surface area contributed by atoms with Crippen LogP contribution in [0.15, 0.2) is 42.5 Å². The molecule has 1 aliphatic heterocycles. The van der Waals surface area contributed by atoms with Crippen LogP contribution in [-0.2, 0) is 16.9 Å². The Balaban J connectivity index is 2.00. The molecule has 0 radical (unpaired) electrons. The predicted molar refractivity (Wildman–Crippen MR) is 100 cm³/mol. The van der Waals surface area contributed by atoms with Crippen LogP contribution in [0.4, 0.5) is 4.39 Å². The van der Waals surface area contributed by atoms with Crippen molar-refractivity contribution in [2.45, 2.75) is 25.0 Å². The SMILES string of the molecule is [2H]C([2H])([2H])[N+](CCl)(CCCC1(c2ccc(F)cc2)OCc2cc(C#N)ccc21)C([2H])([2H])[2H]. The van der Waals surface area contributed by atoms with Crippen molar-refractivity contribution in [2.75, 3.05) is 26.5 Å². The van der Waals surface area contributed by atoms with Crippen LogP contribution in [0.1, 0.15) is 43.3 Å². The number of rotatable bonds is 6. The Kier molecular flexibility index (Phi) is 3.53. The molecule has 0 saturated heterocycles. The van der Waals surface area contributed by atoms with Crippen molar-refractivity contribution in [3.63, 3.8) is 0 Å². The van der Waals surface area contributed by atoms with Crippen molar-refractivity contribution in [3.05, 3.63) is 70.5 Å². The van der Waals surface area contributed by atoms with E-state index < -0.39 is 35.9 Å². The smallest absolute Gasteiger partial charge is 0.154 e. The highest BCUT2D eigenvalue weighted by Crippen LogP contribution is 2.45. The number of fused-ring (bicyclic) bond motifs is 1. The molecule has 2 aromatic rings. The summed E-state index contributed by atoms with van der Waals surface area (Å²) in [6.07, 6.45) is 0.418. The standard InChI is InChI=1S/C21H23ClFN2O/c1-25(2,15-22)11-3-10-21(18-5-7-19(23)8-6-18)20-9-4-16(13-24)12-17(20)14-26-21/h4-9,12H,3,10-11,14-15H2,1-2H3/q+1/i1D3,2D3. The first-order chi connectivity index (χ1) is 14.9. The zero-order chi connectivity index (χ0) is 23.8. The van der Waals surface area contributed by atoms with Crippen LogP contribution in [-0.4, -0.2) is 31.0 Å². The maximum absolute atomic E-state index is 13.6. The fourth-order valence-corrected chi connectivity index (χ4v) is 3.54. The number of benzene rings is 2. The van der Waals surface area contributed by atoms with Crippen molar-refractivity contribution >= 4 is 11.6 Å². The fraction of sp³-hybridized carbons (Fsp3) is 0.381. The molecular weight excluding hydrogens is 351 g/mol. The Labute approximate surface area is 167 Å². The number of hydrogen-bond acceptors (Lipinski definition) is 2. The Morgan fingerprint density at radius 1 is 1.31 bits per heavy atom. The highest BCUT2D eigenvalue weighted by molar-refractivity contribution is 6.16. The van der Waals surface area contributed by atoms with Crippen LogP contribution in [0, 0.1) is 17.1 Å². The number of nitriles is 1. The van der Waals surface area contributed by atoms with Crippen LogP contribution in [0.3, 0.4) is 0 Å². The van der Waals surface area contributed by atoms with E-state index in [0.717, 1.165) is 11.1 Å². The third kappa shape index (κ3) is 3.61. The zero-order valence-electron chi connectivity index (χ0n) is 20.1. The van der Waals surface area contributed by atoms with E-state index in [4.69, 9.17) is 24.6 Å². The highest BCUT2D eigenvalue weighted by atomic mass is 35.5. The van der Waals surface area contributed by atoms with Crippen molar-refractivity contribution in [3.8, 4) is 6.07 Å². The van der Waals surface area contributed by atoms with Gasteiger partial charge in [-0.05, 0) is 53.8 Å². The predicted octanol–water partition coefficient (Wildman–Crippen LogP) is 4.52. The van der Waals surface area contributed by atoms with Crippen LogP contribution in [0.25, 0.3) is 0 Å². The van der Waals surface area contributed by atoms with Gasteiger partial charge in [0.25, 0.3) is 0 Å². The topological polar surface area (TPSA) is 33.0 Å². The molecule has 1 aliphatic rings. The number of hydrogen-bond donors (Lipinski definition) is 0. The lowest BCUT2D eigenvalue weighted by Gasteiger charge is -2.33. The van der Waals surface area contributed by atoms with Crippen LogP contribution in [0.2, 0.25) is 0 Å². The van der Waals surface area contributed by atoms with Gasteiger partial charge < -0.3 is 9.22 Å². The molecule has 136 valence electrons. The molecule has 0 saturated carbocycles. The average molecular weight is 380 g/mol. The van der Waals surface area contributed by atoms with Gasteiger partial charge in [0, 0.05) is 0 Å². The van der Waals surface area contributed by atoms with Crippen molar-refractivity contribution in [2.24, 2.45) is 0 Å². The first-order valence-corrected chi connectivity index (χ1v) is 8.80. The molecule has 0 aliphatic carbocycles. The molecule has 0 spiro atoms. The largest absolute Gasteiger partial charge is 0.361 e. The molecule has 1 heterocycles. The van der Waals surface area contributed by atoms with Crippen molar-refractivity contribution in [1.29, 1.82) is 5.26 Å². The van der Waals surface area contributed by atoms with Crippen molar-refractivity contribution in [1.82, 2.24) is 0 Å². The molecule has 3 rings (SSSR count). The highest BCUT2D eigenvalue weighted by Gasteiger charge is 2.41. The van der Waals surface area contributed by atoms with Gasteiger partial charge in [0.05, 0.1) is 47.0 Å². The third-order valence-corrected chi connectivity index (χ3v) is 5.13. The lowest BCUT2D eigenvalue weighted by molar-refractivity contribution is -0.879. The van der Waals surface area contributed by atoms with E-state index in [1.54, 1.807) is 30.3 Å². The molecule has 1 unspecified atom stereocenters. The van der Waals surface area contributed by atoms with Crippen LogP contribution < -0.4 is 0 Å². The summed E-state index contributed by atoms with van der Waals surface area (Å²) < 4.78 is 65.6. The second-order valence-electron chi connectivity index (χ2n) is 6.52. The van der Waals surface area contributed by atoms with Gasteiger partial charge in [-0.2, -0.15) is 5.26 Å². The number of quaternary nitrogens is 1. The first-order valence-electron chi connectivity index (χ1n) is 11.3. The average Bonchev–Trinajstić information content (AvgIpc) is 3.08. The van der Waals surface area contributed by atoms with Gasteiger partial charge in [-0.1, -0.05) is 29.8 Å². The molecule has 5 heteroatoms. The molecule has 2 aromatic carbocycles. The monoisotopic (exact) mass is 379 g/mol. The minimum Gasteiger partial charge on any atom is -0.361 e. The normalized spacial score (nSPS) is 23.6.